The Hall–Kier alpha value is -1.17. The zero-order valence-corrected chi connectivity index (χ0v) is 12.6. The van der Waals surface area contributed by atoms with Crippen molar-refractivity contribution in [1.82, 2.24) is 15.1 Å². The summed E-state index contributed by atoms with van der Waals surface area (Å²) in [5, 5.41) is 3.28. The molecule has 1 N–H and O–H groups in total. The minimum absolute atomic E-state index is 0.0788. The molecule has 2 aliphatic heterocycles. The van der Waals surface area contributed by atoms with Gasteiger partial charge in [0.25, 0.3) is 5.91 Å². The molecule has 0 aromatic heterocycles. The second-order valence-corrected chi connectivity index (χ2v) is 5.95. The van der Waals surface area contributed by atoms with Crippen LogP contribution in [-0.4, -0.2) is 61.0 Å². The second-order valence-electron chi connectivity index (χ2n) is 5.58. The number of nitrogens with one attached hydrogen (secondary N) is 1. The quantitative estimate of drug-likeness (QED) is 0.901. The Bertz CT molecular complexity index is 526. The fourth-order valence-corrected chi connectivity index (χ4v) is 3.29. The van der Waals surface area contributed by atoms with Crippen molar-refractivity contribution >= 4 is 17.5 Å². The van der Waals surface area contributed by atoms with E-state index in [2.05, 4.69) is 10.2 Å². The predicted octanol–water partition coefficient (Wildman–Crippen LogP) is 1.60. The maximum Gasteiger partial charge on any atom is 0.255 e. The molecule has 0 radical (unpaired) electrons. The van der Waals surface area contributed by atoms with Crippen molar-refractivity contribution in [3.05, 3.63) is 34.6 Å². The number of hydrogen-bond acceptors (Lipinski definition) is 3. The van der Waals surface area contributed by atoms with Crippen LogP contribution >= 0.6 is 11.6 Å². The van der Waals surface area contributed by atoms with Crippen LogP contribution < -0.4 is 5.32 Å². The van der Waals surface area contributed by atoms with Gasteiger partial charge in [-0.2, -0.15) is 0 Å². The van der Waals surface area contributed by atoms with E-state index < -0.39 is 5.82 Å². The van der Waals surface area contributed by atoms with E-state index in [0.29, 0.717) is 19.1 Å². The van der Waals surface area contributed by atoms with Gasteiger partial charge in [-0.05, 0) is 25.1 Å². The van der Waals surface area contributed by atoms with Crippen LogP contribution in [0.15, 0.2) is 18.2 Å². The summed E-state index contributed by atoms with van der Waals surface area (Å²) in [6.07, 6.45) is 1.17. The average Bonchev–Trinajstić information content (AvgIpc) is 3.04. The van der Waals surface area contributed by atoms with Crippen LogP contribution in [0.25, 0.3) is 0 Å². The molecule has 3 rings (SSSR count). The van der Waals surface area contributed by atoms with Crippen LogP contribution in [0.5, 0.6) is 0 Å². The molecule has 6 heteroatoms. The Kier molecular flexibility index (Phi) is 4.42. The van der Waals surface area contributed by atoms with E-state index in [4.69, 9.17) is 11.6 Å². The Balaban J connectivity index is 1.63. The van der Waals surface area contributed by atoms with Crippen molar-refractivity contribution in [3.8, 4) is 0 Å². The van der Waals surface area contributed by atoms with Crippen LogP contribution in [0.3, 0.4) is 0 Å². The summed E-state index contributed by atoms with van der Waals surface area (Å²) in [5.74, 6) is -0.720. The van der Waals surface area contributed by atoms with Gasteiger partial charge in [-0.25, -0.2) is 4.39 Å². The molecule has 2 fully saturated rings. The van der Waals surface area contributed by atoms with Crippen LogP contribution in [0.2, 0.25) is 5.02 Å². The number of amides is 1. The van der Waals surface area contributed by atoms with E-state index in [9.17, 15) is 9.18 Å². The first kappa shape index (κ1) is 14.8. The van der Waals surface area contributed by atoms with Gasteiger partial charge in [0.1, 0.15) is 5.82 Å². The lowest BCUT2D eigenvalue weighted by molar-refractivity contribution is 0.0583. The SMILES string of the molecule is O=C(c1cccc(F)c1Cl)N1CCN(C2CCNC2)CC1. The predicted molar refractivity (Wildman–Crippen MR) is 80.2 cm³/mol. The average molecular weight is 312 g/mol. The summed E-state index contributed by atoms with van der Waals surface area (Å²) in [6.45, 7) is 5.17. The minimum Gasteiger partial charge on any atom is -0.336 e. The molecule has 0 bridgehead atoms. The molecule has 0 spiro atoms. The second kappa shape index (κ2) is 6.30. The van der Waals surface area contributed by atoms with E-state index in [-0.39, 0.29) is 16.5 Å². The highest BCUT2D eigenvalue weighted by molar-refractivity contribution is 6.34. The molecule has 2 saturated heterocycles. The molecule has 21 heavy (non-hydrogen) atoms. The topological polar surface area (TPSA) is 35.6 Å². The lowest BCUT2D eigenvalue weighted by atomic mass is 10.1. The van der Waals surface area contributed by atoms with Crippen molar-refractivity contribution in [2.45, 2.75) is 12.5 Å². The van der Waals surface area contributed by atoms with E-state index in [1.807, 2.05) is 0 Å². The van der Waals surface area contributed by atoms with Gasteiger partial charge < -0.3 is 10.2 Å². The van der Waals surface area contributed by atoms with E-state index in [0.717, 1.165) is 26.2 Å². The standard InChI is InChI=1S/C15H19ClFN3O/c16-14-12(2-1-3-13(14)17)15(21)20-8-6-19(7-9-20)11-4-5-18-10-11/h1-3,11,18H,4-10H2. The molecule has 1 aromatic rings. The maximum absolute atomic E-state index is 13.5. The van der Waals surface area contributed by atoms with Gasteiger partial charge in [0.2, 0.25) is 0 Å². The Morgan fingerprint density at radius 1 is 1.29 bits per heavy atom. The first-order valence-electron chi connectivity index (χ1n) is 7.35. The molecule has 4 nitrogen and oxygen atoms in total. The summed E-state index contributed by atoms with van der Waals surface area (Å²) < 4.78 is 13.5. The summed E-state index contributed by atoms with van der Waals surface area (Å²) in [5.41, 5.74) is 0.257. The molecule has 1 amide bonds. The number of piperazine rings is 1. The molecule has 1 unspecified atom stereocenters. The van der Waals surface area contributed by atoms with Gasteiger partial charge in [-0.3, -0.25) is 9.69 Å². The Morgan fingerprint density at radius 3 is 2.71 bits per heavy atom. The third kappa shape index (κ3) is 3.05. The highest BCUT2D eigenvalue weighted by Gasteiger charge is 2.29. The number of carbonyl (C=O) groups excluding carboxylic acids is 1. The van der Waals surface area contributed by atoms with Crippen LogP contribution in [0.1, 0.15) is 16.8 Å². The lowest BCUT2D eigenvalue weighted by Gasteiger charge is -2.37. The molecule has 1 aromatic carbocycles. The van der Waals surface area contributed by atoms with E-state index in [1.165, 1.54) is 18.6 Å². The molecular formula is C15H19ClFN3O. The molecule has 0 aliphatic carbocycles. The minimum atomic E-state index is -0.543. The highest BCUT2D eigenvalue weighted by Crippen LogP contribution is 2.22. The summed E-state index contributed by atoms with van der Waals surface area (Å²) in [4.78, 5) is 16.6. The van der Waals surface area contributed by atoms with Gasteiger partial charge in [0.15, 0.2) is 0 Å². The van der Waals surface area contributed by atoms with Crippen molar-refractivity contribution < 1.29 is 9.18 Å². The normalized spacial score (nSPS) is 23.5. The van der Waals surface area contributed by atoms with Crippen molar-refractivity contribution in [3.63, 3.8) is 0 Å². The van der Waals surface area contributed by atoms with Crippen LogP contribution in [-0.2, 0) is 0 Å². The Morgan fingerprint density at radius 2 is 2.05 bits per heavy atom. The fourth-order valence-electron chi connectivity index (χ4n) is 3.08. The fraction of sp³-hybridized carbons (Fsp3) is 0.533. The number of halogens is 2. The van der Waals surface area contributed by atoms with Crippen LogP contribution in [0, 0.1) is 5.82 Å². The zero-order valence-electron chi connectivity index (χ0n) is 11.8. The zero-order chi connectivity index (χ0) is 14.8. The van der Waals surface area contributed by atoms with E-state index in [1.54, 1.807) is 11.0 Å². The number of benzene rings is 1. The molecule has 0 saturated carbocycles. The molecule has 2 aliphatic rings. The summed E-state index contributed by atoms with van der Waals surface area (Å²) >= 11 is 5.90. The molecule has 1 atom stereocenters. The third-order valence-electron chi connectivity index (χ3n) is 4.33. The summed E-state index contributed by atoms with van der Waals surface area (Å²) in [7, 11) is 0. The van der Waals surface area contributed by atoms with E-state index >= 15 is 0 Å². The van der Waals surface area contributed by atoms with Gasteiger partial charge >= 0.3 is 0 Å². The molecular weight excluding hydrogens is 293 g/mol. The van der Waals surface area contributed by atoms with Crippen molar-refractivity contribution in [1.29, 1.82) is 0 Å². The van der Waals surface area contributed by atoms with Gasteiger partial charge in [-0.15, -0.1) is 0 Å². The van der Waals surface area contributed by atoms with Crippen molar-refractivity contribution in [2.75, 3.05) is 39.3 Å². The van der Waals surface area contributed by atoms with Crippen molar-refractivity contribution in [2.24, 2.45) is 0 Å². The number of rotatable bonds is 2. The smallest absolute Gasteiger partial charge is 0.255 e. The van der Waals surface area contributed by atoms with Gasteiger partial charge in [0.05, 0.1) is 10.6 Å². The first-order chi connectivity index (χ1) is 10.2. The largest absolute Gasteiger partial charge is 0.336 e. The monoisotopic (exact) mass is 311 g/mol. The maximum atomic E-state index is 13.5. The number of nitrogens with zero attached hydrogens (tertiary/aromatic N) is 2. The molecule has 2 heterocycles. The summed E-state index contributed by atoms with van der Waals surface area (Å²) in [6, 6.07) is 4.96. The lowest BCUT2D eigenvalue weighted by Crippen LogP contribution is -2.52. The van der Waals surface area contributed by atoms with Gasteiger partial charge in [-0.1, -0.05) is 17.7 Å². The van der Waals surface area contributed by atoms with Crippen LogP contribution in [0.4, 0.5) is 4.39 Å². The Labute approximate surface area is 128 Å². The van der Waals surface area contributed by atoms with Gasteiger partial charge in [0, 0.05) is 38.8 Å². The third-order valence-corrected chi connectivity index (χ3v) is 4.72. The number of carbonyl (C=O) groups is 1. The molecule has 114 valence electrons. The number of hydrogen-bond donors (Lipinski definition) is 1. The highest BCUT2D eigenvalue weighted by atomic mass is 35.5. The first-order valence-corrected chi connectivity index (χ1v) is 7.72.